The molecule has 0 aliphatic heterocycles. The number of para-hydroxylation sites is 1. The van der Waals surface area contributed by atoms with Gasteiger partial charge >= 0.3 is 0 Å². The summed E-state index contributed by atoms with van der Waals surface area (Å²) in [6, 6.07) is 10.9. The van der Waals surface area contributed by atoms with Gasteiger partial charge in [0.25, 0.3) is 5.91 Å². The van der Waals surface area contributed by atoms with Crippen LogP contribution in [0.25, 0.3) is 10.2 Å². The molecule has 1 aromatic heterocycles. The molecule has 6 heteroatoms. The molecule has 23 heavy (non-hydrogen) atoms. The maximum Gasteiger partial charge on any atom is 0.259 e. The number of hydrogen-bond donors (Lipinski definition) is 1. The Morgan fingerprint density at radius 1 is 1.22 bits per heavy atom. The van der Waals surface area contributed by atoms with Gasteiger partial charge in [-0.25, -0.2) is 4.98 Å². The van der Waals surface area contributed by atoms with E-state index in [0.29, 0.717) is 26.7 Å². The minimum Gasteiger partial charge on any atom is -0.298 e. The molecule has 1 heterocycles. The van der Waals surface area contributed by atoms with Gasteiger partial charge in [0.05, 0.1) is 20.8 Å². The first-order chi connectivity index (χ1) is 11.0. The van der Waals surface area contributed by atoms with Crippen LogP contribution >= 0.6 is 34.5 Å². The summed E-state index contributed by atoms with van der Waals surface area (Å²) in [7, 11) is 0. The van der Waals surface area contributed by atoms with Crippen molar-refractivity contribution in [3.05, 3.63) is 57.6 Å². The minimum atomic E-state index is -0.317. The maximum absolute atomic E-state index is 12.4. The van der Waals surface area contributed by atoms with E-state index in [4.69, 9.17) is 23.2 Å². The highest BCUT2D eigenvalue weighted by atomic mass is 35.5. The Balaban J connectivity index is 1.94. The number of carbonyl (C=O) groups excluding carboxylic acids is 1. The van der Waals surface area contributed by atoms with Crippen molar-refractivity contribution >= 4 is 55.8 Å². The third-order valence-corrected chi connectivity index (χ3v) is 4.97. The number of anilines is 1. The third-order valence-electron chi connectivity index (χ3n) is 3.47. The molecule has 0 aliphatic rings. The highest BCUT2D eigenvalue weighted by Gasteiger charge is 2.15. The fraction of sp³-hybridized carbons (Fsp3) is 0.176. The van der Waals surface area contributed by atoms with Crippen LogP contribution in [-0.4, -0.2) is 10.9 Å². The topological polar surface area (TPSA) is 42.0 Å². The van der Waals surface area contributed by atoms with E-state index in [1.165, 1.54) is 16.9 Å². The zero-order valence-electron chi connectivity index (χ0n) is 12.6. The molecule has 0 aliphatic carbocycles. The van der Waals surface area contributed by atoms with Crippen molar-refractivity contribution in [2.75, 3.05) is 5.32 Å². The van der Waals surface area contributed by atoms with E-state index in [0.717, 1.165) is 10.2 Å². The van der Waals surface area contributed by atoms with E-state index < -0.39 is 0 Å². The molecule has 0 bridgehead atoms. The number of nitrogens with zero attached hydrogens (tertiary/aromatic N) is 1. The second-order valence-corrected chi connectivity index (χ2v) is 7.32. The van der Waals surface area contributed by atoms with Gasteiger partial charge in [-0.3, -0.25) is 10.1 Å². The van der Waals surface area contributed by atoms with Crippen molar-refractivity contribution in [3.8, 4) is 0 Å². The first-order valence-corrected chi connectivity index (χ1v) is 8.69. The molecule has 0 atom stereocenters. The van der Waals surface area contributed by atoms with E-state index in [1.807, 2.05) is 12.1 Å². The van der Waals surface area contributed by atoms with Crippen molar-refractivity contribution in [1.82, 2.24) is 4.98 Å². The van der Waals surface area contributed by atoms with Gasteiger partial charge in [0.15, 0.2) is 5.13 Å². The summed E-state index contributed by atoms with van der Waals surface area (Å²) in [5.74, 6) is 0.0504. The van der Waals surface area contributed by atoms with Gasteiger partial charge in [-0.05, 0) is 35.7 Å². The molecule has 0 spiro atoms. The van der Waals surface area contributed by atoms with E-state index >= 15 is 0 Å². The molecule has 3 nitrogen and oxygen atoms in total. The number of hydrogen-bond acceptors (Lipinski definition) is 3. The highest BCUT2D eigenvalue weighted by molar-refractivity contribution is 7.22. The van der Waals surface area contributed by atoms with Crippen LogP contribution in [0.15, 0.2) is 36.4 Å². The molecule has 0 fully saturated rings. The Kier molecular flexibility index (Phi) is 4.57. The Labute approximate surface area is 148 Å². The van der Waals surface area contributed by atoms with Crippen molar-refractivity contribution in [2.45, 2.75) is 19.8 Å². The van der Waals surface area contributed by atoms with Crippen molar-refractivity contribution in [3.63, 3.8) is 0 Å². The van der Waals surface area contributed by atoms with Crippen LogP contribution in [-0.2, 0) is 0 Å². The van der Waals surface area contributed by atoms with Gasteiger partial charge in [0, 0.05) is 5.02 Å². The second kappa shape index (κ2) is 6.48. The first-order valence-electron chi connectivity index (χ1n) is 7.11. The lowest BCUT2D eigenvalue weighted by molar-refractivity contribution is 0.102. The van der Waals surface area contributed by atoms with Crippen molar-refractivity contribution in [1.29, 1.82) is 0 Å². The zero-order chi connectivity index (χ0) is 16.6. The van der Waals surface area contributed by atoms with E-state index in [9.17, 15) is 4.79 Å². The van der Waals surface area contributed by atoms with E-state index in [2.05, 4.69) is 30.2 Å². The largest absolute Gasteiger partial charge is 0.298 e. The highest BCUT2D eigenvalue weighted by Crippen LogP contribution is 2.32. The Morgan fingerprint density at radius 3 is 2.74 bits per heavy atom. The molecule has 0 radical (unpaired) electrons. The van der Waals surface area contributed by atoms with Gasteiger partial charge in [-0.15, -0.1) is 0 Å². The Morgan fingerprint density at radius 2 is 2.00 bits per heavy atom. The van der Waals surface area contributed by atoms with Crippen LogP contribution in [0.1, 0.15) is 35.7 Å². The third kappa shape index (κ3) is 3.34. The molecular weight excluding hydrogens is 351 g/mol. The van der Waals surface area contributed by atoms with E-state index in [1.54, 1.807) is 18.2 Å². The molecule has 0 unspecified atom stereocenters. The van der Waals surface area contributed by atoms with Crippen LogP contribution in [0.2, 0.25) is 10.0 Å². The molecule has 2 aromatic carbocycles. The summed E-state index contributed by atoms with van der Waals surface area (Å²) in [4.78, 5) is 17.0. The summed E-state index contributed by atoms with van der Waals surface area (Å²) in [5, 5.41) is 4.18. The summed E-state index contributed by atoms with van der Waals surface area (Å²) >= 11 is 13.4. The lowest BCUT2D eigenvalue weighted by Gasteiger charge is -2.05. The van der Waals surface area contributed by atoms with Crippen LogP contribution in [0, 0.1) is 0 Å². The normalized spacial score (nSPS) is 11.2. The van der Waals surface area contributed by atoms with Gasteiger partial charge < -0.3 is 0 Å². The average molecular weight is 365 g/mol. The number of rotatable bonds is 3. The van der Waals surface area contributed by atoms with E-state index in [-0.39, 0.29) is 5.91 Å². The zero-order valence-corrected chi connectivity index (χ0v) is 14.9. The van der Waals surface area contributed by atoms with Gasteiger partial charge in [0.1, 0.15) is 0 Å². The van der Waals surface area contributed by atoms with Crippen LogP contribution in [0.5, 0.6) is 0 Å². The molecular formula is C17H14Cl2N2OS. The molecule has 0 saturated heterocycles. The molecule has 1 N–H and O–H groups in total. The number of halogens is 2. The molecule has 3 aromatic rings. The number of nitrogens with one attached hydrogen (secondary N) is 1. The fourth-order valence-electron chi connectivity index (χ4n) is 2.33. The standard InChI is InChI=1S/C17H14Cl2N2OS/c1-9(2)11-4-3-5-14-15(11)20-17(23-14)21-16(22)12-8-10(18)6-7-13(12)19/h3-9H,1-2H3,(H,20,21,22). The number of carbonyl (C=O) groups is 1. The summed E-state index contributed by atoms with van der Waals surface area (Å²) in [5.41, 5.74) is 2.43. The van der Waals surface area contributed by atoms with Crippen LogP contribution < -0.4 is 5.32 Å². The summed E-state index contributed by atoms with van der Waals surface area (Å²) < 4.78 is 1.05. The quantitative estimate of drug-likeness (QED) is 0.620. The monoisotopic (exact) mass is 364 g/mol. The number of benzene rings is 2. The summed E-state index contributed by atoms with van der Waals surface area (Å²) in [6.07, 6.45) is 0. The predicted octanol–water partition coefficient (Wildman–Crippen LogP) is 5.98. The molecule has 3 rings (SSSR count). The minimum absolute atomic E-state index is 0.317. The lowest BCUT2D eigenvalue weighted by Crippen LogP contribution is -2.12. The van der Waals surface area contributed by atoms with Gasteiger partial charge in [-0.2, -0.15) is 0 Å². The number of aromatic nitrogens is 1. The maximum atomic E-state index is 12.4. The van der Waals surface area contributed by atoms with Crippen LogP contribution in [0.4, 0.5) is 5.13 Å². The first kappa shape index (κ1) is 16.2. The smallest absolute Gasteiger partial charge is 0.259 e. The van der Waals surface area contributed by atoms with Gasteiger partial charge in [0.2, 0.25) is 0 Å². The van der Waals surface area contributed by atoms with Gasteiger partial charge in [-0.1, -0.05) is 60.5 Å². The predicted molar refractivity (Wildman–Crippen MR) is 98.1 cm³/mol. The second-order valence-electron chi connectivity index (χ2n) is 5.45. The summed E-state index contributed by atoms with van der Waals surface area (Å²) in [6.45, 7) is 4.25. The number of fused-ring (bicyclic) bond motifs is 1. The Hall–Kier alpha value is -1.62. The number of amides is 1. The Bertz CT molecular complexity index is 889. The fourth-order valence-corrected chi connectivity index (χ4v) is 3.60. The van der Waals surface area contributed by atoms with Crippen molar-refractivity contribution < 1.29 is 4.79 Å². The molecule has 0 saturated carbocycles. The number of thiazole rings is 1. The van der Waals surface area contributed by atoms with Crippen LogP contribution in [0.3, 0.4) is 0 Å². The SMILES string of the molecule is CC(C)c1cccc2sc(NC(=O)c3cc(Cl)ccc3Cl)nc12. The lowest BCUT2D eigenvalue weighted by atomic mass is 10.0. The molecule has 118 valence electrons. The average Bonchev–Trinajstić information content (AvgIpc) is 2.91. The van der Waals surface area contributed by atoms with Crippen molar-refractivity contribution in [2.24, 2.45) is 0 Å². The molecule has 1 amide bonds.